The van der Waals surface area contributed by atoms with Crippen molar-refractivity contribution in [3.05, 3.63) is 23.5 Å². The van der Waals surface area contributed by atoms with Gasteiger partial charge < -0.3 is 19.9 Å². The summed E-state index contributed by atoms with van der Waals surface area (Å²) in [6.07, 6.45) is 0. The Morgan fingerprint density at radius 1 is 1.60 bits per heavy atom. The van der Waals surface area contributed by atoms with E-state index in [9.17, 15) is 8.96 Å². The molecule has 84 valence electrons. The van der Waals surface area contributed by atoms with Crippen molar-refractivity contribution in [2.45, 2.75) is 6.61 Å². The Labute approximate surface area is 86.6 Å². The summed E-state index contributed by atoms with van der Waals surface area (Å²) in [4.78, 5) is 8.44. The first-order valence-corrected chi connectivity index (χ1v) is 5.28. The van der Waals surface area contributed by atoms with E-state index in [2.05, 4.69) is 4.52 Å². The van der Waals surface area contributed by atoms with E-state index in [1.54, 1.807) is 0 Å². The molecule has 7 heteroatoms. The van der Waals surface area contributed by atoms with Crippen molar-refractivity contribution in [2.24, 2.45) is 0 Å². The minimum absolute atomic E-state index is 0.0992. The van der Waals surface area contributed by atoms with E-state index < -0.39 is 14.1 Å². The molecule has 0 heterocycles. The average Bonchev–Trinajstić information content (AvgIpc) is 2.19. The number of benzene rings is 1. The Hall–Kier alpha value is -1.10. The molecule has 0 saturated heterocycles. The van der Waals surface area contributed by atoms with E-state index in [0.717, 1.165) is 6.07 Å². The van der Waals surface area contributed by atoms with Crippen LogP contribution in [0.25, 0.3) is 0 Å². The zero-order valence-electron chi connectivity index (χ0n) is 7.99. The molecule has 1 atom stereocenters. The van der Waals surface area contributed by atoms with Crippen molar-refractivity contribution in [2.75, 3.05) is 12.8 Å². The van der Waals surface area contributed by atoms with Crippen LogP contribution in [0, 0.1) is 5.82 Å². The number of rotatable bonds is 4. The maximum Gasteiger partial charge on any atom is 0.316 e. The van der Waals surface area contributed by atoms with Gasteiger partial charge in [-0.3, -0.25) is 4.57 Å². The van der Waals surface area contributed by atoms with Gasteiger partial charge in [0.05, 0.1) is 13.7 Å². The maximum absolute atomic E-state index is 13.2. The summed E-state index contributed by atoms with van der Waals surface area (Å²) in [5.74, 6) is -0.475. The van der Waals surface area contributed by atoms with Gasteiger partial charge in [-0.1, -0.05) is 0 Å². The minimum Gasteiger partial charge on any atom is -0.494 e. The van der Waals surface area contributed by atoms with Crippen LogP contribution in [0.2, 0.25) is 0 Å². The molecule has 0 bridgehead atoms. The number of nitrogens with two attached hydrogens (primary N) is 1. The first kappa shape index (κ1) is 12.0. The molecule has 0 aliphatic heterocycles. The lowest BCUT2D eigenvalue weighted by atomic mass is 10.2. The summed E-state index contributed by atoms with van der Waals surface area (Å²) in [5, 5.41) is 0. The summed E-state index contributed by atoms with van der Waals surface area (Å²) in [7, 11) is -1.67. The first-order valence-electron chi connectivity index (χ1n) is 4.02. The van der Waals surface area contributed by atoms with Crippen LogP contribution in [0.4, 0.5) is 10.1 Å². The lowest BCUT2D eigenvalue weighted by Gasteiger charge is -2.08. The molecular formula is C8H11FNO4P. The Morgan fingerprint density at radius 2 is 2.27 bits per heavy atom. The Morgan fingerprint density at radius 3 is 2.80 bits per heavy atom. The highest BCUT2D eigenvalue weighted by molar-refractivity contribution is 7.32. The predicted octanol–water partition coefficient (Wildman–Crippen LogP) is 1.32. The van der Waals surface area contributed by atoms with Gasteiger partial charge in [0.15, 0.2) is 0 Å². The van der Waals surface area contributed by atoms with Crippen molar-refractivity contribution in [3.8, 4) is 5.75 Å². The van der Waals surface area contributed by atoms with E-state index >= 15 is 0 Å². The van der Waals surface area contributed by atoms with Crippen molar-refractivity contribution < 1.29 is 23.1 Å². The molecule has 1 aromatic rings. The van der Waals surface area contributed by atoms with Crippen LogP contribution in [-0.2, 0) is 15.7 Å². The smallest absolute Gasteiger partial charge is 0.316 e. The highest BCUT2D eigenvalue weighted by Crippen LogP contribution is 2.27. The van der Waals surface area contributed by atoms with Gasteiger partial charge in [-0.15, -0.1) is 0 Å². The molecule has 0 amide bonds. The number of nitrogen functional groups attached to an aromatic ring is 1. The molecule has 0 spiro atoms. The first-order chi connectivity index (χ1) is 7.04. The van der Waals surface area contributed by atoms with Gasteiger partial charge in [0.1, 0.15) is 17.3 Å². The van der Waals surface area contributed by atoms with Crippen molar-refractivity contribution in [1.29, 1.82) is 0 Å². The molecule has 0 saturated carbocycles. The van der Waals surface area contributed by atoms with Crippen LogP contribution in [0.15, 0.2) is 12.1 Å². The number of anilines is 1. The van der Waals surface area contributed by atoms with Crippen LogP contribution >= 0.6 is 8.25 Å². The number of halogens is 1. The Kier molecular flexibility index (Phi) is 4.08. The molecule has 1 rings (SSSR count). The fourth-order valence-corrected chi connectivity index (χ4v) is 1.33. The molecule has 1 unspecified atom stereocenters. The summed E-state index contributed by atoms with van der Waals surface area (Å²) in [6, 6.07) is 2.58. The van der Waals surface area contributed by atoms with Gasteiger partial charge in [-0.25, -0.2) is 4.39 Å². The van der Waals surface area contributed by atoms with Crippen LogP contribution in [-0.4, -0.2) is 12.0 Å². The second-order valence-corrected chi connectivity index (χ2v) is 3.57. The topological polar surface area (TPSA) is 81.8 Å². The summed E-state index contributed by atoms with van der Waals surface area (Å²) >= 11 is 0. The lowest BCUT2D eigenvalue weighted by Crippen LogP contribution is -1.98. The molecule has 1 aromatic carbocycles. The SMILES string of the molecule is COc1cc(CO[PH](=O)O)cc(F)c1N. The van der Waals surface area contributed by atoms with E-state index in [1.807, 2.05) is 0 Å². The quantitative estimate of drug-likeness (QED) is 0.607. The normalized spacial score (nSPS) is 12.5. The fraction of sp³-hybridized carbons (Fsp3) is 0.250. The van der Waals surface area contributed by atoms with Gasteiger partial charge >= 0.3 is 8.25 Å². The van der Waals surface area contributed by atoms with Crippen molar-refractivity contribution >= 4 is 13.9 Å². The van der Waals surface area contributed by atoms with Gasteiger partial charge in [0, 0.05) is 0 Å². The van der Waals surface area contributed by atoms with E-state index in [4.69, 9.17) is 15.4 Å². The standard InChI is InChI=1S/C8H11FNO4P/c1-13-7-3-5(4-14-15(11)12)2-6(9)8(7)10/h2-3,15H,4,10H2,1H3,(H,11,12). The van der Waals surface area contributed by atoms with E-state index in [1.165, 1.54) is 13.2 Å². The zero-order chi connectivity index (χ0) is 11.4. The highest BCUT2D eigenvalue weighted by Gasteiger charge is 2.08. The van der Waals surface area contributed by atoms with E-state index in [0.29, 0.717) is 5.56 Å². The number of ether oxygens (including phenoxy) is 1. The van der Waals surface area contributed by atoms with Gasteiger partial charge in [0.25, 0.3) is 0 Å². The van der Waals surface area contributed by atoms with Gasteiger partial charge in [-0.2, -0.15) is 0 Å². The number of hydrogen-bond donors (Lipinski definition) is 2. The summed E-state index contributed by atoms with van der Waals surface area (Å²) in [5.41, 5.74) is 5.65. The fourth-order valence-electron chi connectivity index (χ4n) is 1.04. The minimum atomic E-state index is -3.02. The van der Waals surface area contributed by atoms with Gasteiger partial charge in [-0.05, 0) is 17.7 Å². The molecular weight excluding hydrogens is 224 g/mol. The Balaban J connectivity index is 2.90. The third-order valence-corrected chi connectivity index (χ3v) is 2.12. The third kappa shape index (κ3) is 3.20. The highest BCUT2D eigenvalue weighted by atomic mass is 31.1. The maximum atomic E-state index is 13.2. The third-order valence-electron chi connectivity index (χ3n) is 1.73. The van der Waals surface area contributed by atoms with Crippen LogP contribution in [0.3, 0.4) is 0 Å². The molecule has 3 N–H and O–H groups in total. The largest absolute Gasteiger partial charge is 0.494 e. The molecule has 0 aliphatic carbocycles. The van der Waals surface area contributed by atoms with Crippen LogP contribution in [0.5, 0.6) is 5.75 Å². The van der Waals surface area contributed by atoms with Crippen molar-refractivity contribution in [3.63, 3.8) is 0 Å². The lowest BCUT2D eigenvalue weighted by molar-refractivity contribution is 0.271. The Bertz CT molecular complexity index is 385. The number of methoxy groups -OCH3 is 1. The second kappa shape index (κ2) is 5.11. The zero-order valence-corrected chi connectivity index (χ0v) is 8.99. The van der Waals surface area contributed by atoms with Crippen LogP contribution in [0.1, 0.15) is 5.56 Å². The summed E-state index contributed by atoms with van der Waals surface area (Å²) < 4.78 is 32.7. The molecule has 0 radical (unpaired) electrons. The molecule has 15 heavy (non-hydrogen) atoms. The second-order valence-electron chi connectivity index (χ2n) is 2.75. The number of hydrogen-bond acceptors (Lipinski definition) is 4. The molecule has 0 aromatic heterocycles. The van der Waals surface area contributed by atoms with Crippen molar-refractivity contribution in [1.82, 2.24) is 0 Å². The molecule has 0 fully saturated rings. The average molecular weight is 235 g/mol. The van der Waals surface area contributed by atoms with Gasteiger partial charge in [0.2, 0.25) is 0 Å². The van der Waals surface area contributed by atoms with Crippen LogP contribution < -0.4 is 10.5 Å². The van der Waals surface area contributed by atoms with E-state index in [-0.39, 0.29) is 18.0 Å². The molecule has 0 aliphatic rings. The molecule has 5 nitrogen and oxygen atoms in total. The summed E-state index contributed by atoms with van der Waals surface area (Å²) in [6.45, 7) is -0.165. The monoisotopic (exact) mass is 235 g/mol. The predicted molar refractivity (Wildman–Crippen MR) is 53.4 cm³/mol.